The van der Waals surface area contributed by atoms with Gasteiger partial charge in [0.05, 0.1) is 6.10 Å². The van der Waals surface area contributed by atoms with Crippen molar-refractivity contribution >= 4 is 11.9 Å². The molecule has 0 unspecified atom stereocenters. The maximum Gasteiger partial charge on any atom is 0.329 e. The number of phenols is 1. The Morgan fingerprint density at radius 2 is 1.67 bits per heavy atom. The van der Waals surface area contributed by atoms with Crippen molar-refractivity contribution in [1.82, 2.24) is 5.32 Å². The number of hydrogen-bond acceptors (Lipinski definition) is 4. The fraction of sp³-hybridized carbons (Fsp3) is 0.263. The highest BCUT2D eigenvalue weighted by Gasteiger charge is 2.24. The molecule has 2 N–H and O–H groups in total. The first kappa shape index (κ1) is 17.5. The van der Waals surface area contributed by atoms with Crippen LogP contribution < -0.4 is 5.32 Å². The van der Waals surface area contributed by atoms with E-state index in [1.165, 1.54) is 0 Å². The molecule has 0 fully saturated rings. The minimum Gasteiger partial charge on any atom is -0.508 e. The molecule has 0 aliphatic heterocycles. The highest BCUT2D eigenvalue weighted by atomic mass is 16.5. The van der Waals surface area contributed by atoms with Crippen LogP contribution in [0.3, 0.4) is 0 Å². The molecule has 0 aliphatic rings. The standard InChI is InChI=1S/C19H21NO4/c1-13(2)24-19(23)17(12-14-8-10-16(21)11-9-14)20-18(22)15-6-4-3-5-7-15/h3-11,13,17,21H,12H2,1-2H3,(H,20,22)/t17-/m1/s1. The minimum atomic E-state index is -0.801. The van der Waals surface area contributed by atoms with Gasteiger partial charge in [-0.2, -0.15) is 0 Å². The van der Waals surface area contributed by atoms with Crippen molar-refractivity contribution < 1.29 is 19.4 Å². The first-order valence-corrected chi connectivity index (χ1v) is 7.80. The van der Waals surface area contributed by atoms with Crippen molar-refractivity contribution in [3.63, 3.8) is 0 Å². The fourth-order valence-corrected chi connectivity index (χ4v) is 2.21. The average molecular weight is 327 g/mol. The van der Waals surface area contributed by atoms with Crippen molar-refractivity contribution in [1.29, 1.82) is 0 Å². The Labute approximate surface area is 141 Å². The lowest BCUT2D eigenvalue weighted by atomic mass is 10.0. The molecule has 0 aromatic heterocycles. The predicted molar refractivity (Wildman–Crippen MR) is 90.7 cm³/mol. The average Bonchev–Trinajstić information content (AvgIpc) is 2.56. The van der Waals surface area contributed by atoms with Gasteiger partial charge in [0.1, 0.15) is 11.8 Å². The second-order valence-corrected chi connectivity index (χ2v) is 5.75. The van der Waals surface area contributed by atoms with Crippen molar-refractivity contribution in [2.75, 3.05) is 0 Å². The quantitative estimate of drug-likeness (QED) is 0.800. The van der Waals surface area contributed by atoms with Crippen LogP contribution >= 0.6 is 0 Å². The lowest BCUT2D eigenvalue weighted by Crippen LogP contribution is -2.44. The molecule has 2 aromatic carbocycles. The number of esters is 1. The first-order chi connectivity index (χ1) is 11.5. The zero-order valence-corrected chi connectivity index (χ0v) is 13.7. The Balaban J connectivity index is 2.14. The summed E-state index contributed by atoms with van der Waals surface area (Å²) in [5.41, 5.74) is 1.29. The minimum absolute atomic E-state index is 0.147. The number of phenolic OH excluding ortho intramolecular Hbond substituents is 1. The van der Waals surface area contributed by atoms with Crippen LogP contribution in [0.25, 0.3) is 0 Å². The van der Waals surface area contributed by atoms with Gasteiger partial charge in [0, 0.05) is 12.0 Å². The summed E-state index contributed by atoms with van der Waals surface area (Å²) in [7, 11) is 0. The van der Waals surface area contributed by atoms with E-state index in [1.54, 1.807) is 62.4 Å². The van der Waals surface area contributed by atoms with Crippen LogP contribution in [-0.4, -0.2) is 29.1 Å². The summed E-state index contributed by atoms with van der Waals surface area (Å²) >= 11 is 0. The van der Waals surface area contributed by atoms with Gasteiger partial charge in [-0.15, -0.1) is 0 Å². The lowest BCUT2D eigenvalue weighted by Gasteiger charge is -2.19. The number of carbonyl (C=O) groups is 2. The molecule has 0 heterocycles. The molecule has 0 bridgehead atoms. The summed E-state index contributed by atoms with van der Waals surface area (Å²) in [5, 5.41) is 12.1. The van der Waals surface area contributed by atoms with E-state index in [-0.39, 0.29) is 24.2 Å². The van der Waals surface area contributed by atoms with Gasteiger partial charge in [0.25, 0.3) is 5.91 Å². The Kier molecular flexibility index (Phi) is 5.95. The topological polar surface area (TPSA) is 75.6 Å². The monoisotopic (exact) mass is 327 g/mol. The molecular weight excluding hydrogens is 306 g/mol. The van der Waals surface area contributed by atoms with E-state index in [0.29, 0.717) is 5.56 Å². The number of rotatable bonds is 6. The molecule has 0 spiro atoms. The van der Waals surface area contributed by atoms with E-state index in [0.717, 1.165) is 5.56 Å². The van der Waals surface area contributed by atoms with Crippen LogP contribution in [0.5, 0.6) is 5.75 Å². The summed E-state index contributed by atoms with van der Waals surface area (Å²) in [6.45, 7) is 3.52. The van der Waals surface area contributed by atoms with Crippen molar-refractivity contribution in [2.24, 2.45) is 0 Å². The molecule has 0 saturated heterocycles. The first-order valence-electron chi connectivity index (χ1n) is 7.80. The summed E-state index contributed by atoms with van der Waals surface area (Å²) in [4.78, 5) is 24.6. The van der Waals surface area contributed by atoms with Gasteiger partial charge in [-0.25, -0.2) is 4.79 Å². The maximum atomic E-state index is 12.3. The normalized spacial score (nSPS) is 11.8. The molecular formula is C19H21NO4. The Morgan fingerprint density at radius 3 is 2.25 bits per heavy atom. The van der Waals surface area contributed by atoms with Gasteiger partial charge in [-0.05, 0) is 43.7 Å². The molecule has 1 atom stereocenters. The van der Waals surface area contributed by atoms with E-state index in [9.17, 15) is 14.7 Å². The third kappa shape index (κ3) is 5.12. The third-order valence-electron chi connectivity index (χ3n) is 3.35. The summed E-state index contributed by atoms with van der Waals surface area (Å²) in [5.74, 6) is -0.671. The molecule has 5 nitrogen and oxygen atoms in total. The van der Waals surface area contributed by atoms with Crippen molar-refractivity contribution in [2.45, 2.75) is 32.4 Å². The Bertz CT molecular complexity index is 680. The largest absolute Gasteiger partial charge is 0.508 e. The molecule has 0 aliphatic carbocycles. The van der Waals surface area contributed by atoms with Crippen LogP contribution in [0, 0.1) is 0 Å². The maximum absolute atomic E-state index is 12.3. The zero-order chi connectivity index (χ0) is 17.5. The molecule has 0 radical (unpaired) electrons. The SMILES string of the molecule is CC(C)OC(=O)[C@@H](Cc1ccc(O)cc1)NC(=O)c1ccccc1. The molecule has 2 aromatic rings. The van der Waals surface area contributed by atoms with Gasteiger partial charge in [-0.3, -0.25) is 4.79 Å². The van der Waals surface area contributed by atoms with Crippen LogP contribution in [0.4, 0.5) is 0 Å². The Morgan fingerprint density at radius 1 is 1.04 bits per heavy atom. The molecule has 24 heavy (non-hydrogen) atoms. The molecule has 5 heteroatoms. The third-order valence-corrected chi connectivity index (χ3v) is 3.35. The van der Waals surface area contributed by atoms with Gasteiger partial charge in [0.15, 0.2) is 0 Å². The predicted octanol–water partition coefficient (Wildman–Crippen LogP) is 2.68. The van der Waals surface area contributed by atoms with Crippen molar-refractivity contribution in [3.8, 4) is 5.75 Å². The van der Waals surface area contributed by atoms with E-state index in [2.05, 4.69) is 5.32 Å². The number of amides is 1. The highest BCUT2D eigenvalue weighted by molar-refractivity contribution is 5.96. The second-order valence-electron chi connectivity index (χ2n) is 5.75. The van der Waals surface area contributed by atoms with E-state index >= 15 is 0 Å². The van der Waals surface area contributed by atoms with Crippen LogP contribution in [0.15, 0.2) is 54.6 Å². The fourth-order valence-electron chi connectivity index (χ4n) is 2.21. The number of hydrogen-bond donors (Lipinski definition) is 2. The number of ether oxygens (including phenoxy) is 1. The van der Waals surface area contributed by atoms with Crippen LogP contribution in [0.1, 0.15) is 29.8 Å². The van der Waals surface area contributed by atoms with E-state index < -0.39 is 12.0 Å². The molecule has 1 amide bonds. The van der Waals surface area contributed by atoms with Crippen LogP contribution in [-0.2, 0) is 16.0 Å². The second kappa shape index (κ2) is 8.15. The van der Waals surface area contributed by atoms with Gasteiger partial charge < -0.3 is 15.2 Å². The Hall–Kier alpha value is -2.82. The van der Waals surface area contributed by atoms with Gasteiger partial charge in [-0.1, -0.05) is 30.3 Å². The van der Waals surface area contributed by atoms with E-state index in [4.69, 9.17) is 4.74 Å². The van der Waals surface area contributed by atoms with Gasteiger partial charge in [0.2, 0.25) is 0 Å². The summed E-state index contributed by atoms with van der Waals surface area (Å²) < 4.78 is 5.24. The van der Waals surface area contributed by atoms with E-state index in [1.807, 2.05) is 6.07 Å². The number of benzene rings is 2. The summed E-state index contributed by atoms with van der Waals surface area (Å²) in [6, 6.07) is 14.4. The molecule has 2 rings (SSSR count). The van der Waals surface area contributed by atoms with Gasteiger partial charge >= 0.3 is 5.97 Å². The summed E-state index contributed by atoms with van der Waals surface area (Å²) in [6.07, 6.45) is 0.0122. The number of aromatic hydroxyl groups is 1. The van der Waals surface area contributed by atoms with Crippen molar-refractivity contribution in [3.05, 3.63) is 65.7 Å². The van der Waals surface area contributed by atoms with Crippen LogP contribution in [0.2, 0.25) is 0 Å². The smallest absolute Gasteiger partial charge is 0.329 e. The highest BCUT2D eigenvalue weighted by Crippen LogP contribution is 2.13. The number of carbonyl (C=O) groups excluding carboxylic acids is 2. The lowest BCUT2D eigenvalue weighted by molar-refractivity contribution is -0.149. The molecule has 126 valence electrons. The molecule has 0 saturated carbocycles. The number of nitrogens with one attached hydrogen (secondary N) is 1. The zero-order valence-electron chi connectivity index (χ0n) is 13.7.